The van der Waals surface area contributed by atoms with Gasteiger partial charge < -0.3 is 14.2 Å². The number of nitrogens with zero attached hydrogens (tertiary/aromatic N) is 2. The summed E-state index contributed by atoms with van der Waals surface area (Å²) in [4.78, 5) is 4.97. The number of furan rings is 1. The van der Waals surface area contributed by atoms with Gasteiger partial charge in [0.05, 0.1) is 6.04 Å². The van der Waals surface area contributed by atoms with E-state index in [2.05, 4.69) is 254 Å². The number of para-hydroxylation sites is 2. The molecule has 2 atom stereocenters. The van der Waals surface area contributed by atoms with Crippen LogP contribution in [-0.4, -0.2) is 14.1 Å². The summed E-state index contributed by atoms with van der Waals surface area (Å²) in [6.45, 7) is 4.61. The molecule has 0 radical (unpaired) electrons. The lowest BCUT2D eigenvalue weighted by atomic mass is 9.81. The van der Waals surface area contributed by atoms with Crippen LogP contribution in [0.1, 0.15) is 25.0 Å². The second kappa shape index (κ2) is 16.0. The van der Waals surface area contributed by atoms with Crippen LogP contribution in [0, 0.1) is 5.92 Å². The van der Waals surface area contributed by atoms with Crippen LogP contribution in [0.5, 0.6) is 0 Å². The Morgan fingerprint density at radius 2 is 0.956 bits per heavy atom. The van der Waals surface area contributed by atoms with E-state index in [1.54, 1.807) is 0 Å². The van der Waals surface area contributed by atoms with Crippen molar-refractivity contribution < 1.29 is 4.42 Å². The fourth-order valence-corrected chi connectivity index (χ4v) is 16.4. The summed E-state index contributed by atoms with van der Waals surface area (Å²) in [6, 6.07) is 85.2. The van der Waals surface area contributed by atoms with Gasteiger partial charge in [-0.2, -0.15) is 0 Å². The zero-order chi connectivity index (χ0) is 45.3. The van der Waals surface area contributed by atoms with Gasteiger partial charge in [-0.15, -0.1) is 0 Å². The third kappa shape index (κ3) is 6.25. The van der Waals surface area contributed by atoms with Gasteiger partial charge in [0, 0.05) is 50.7 Å². The molecule has 3 nitrogen and oxygen atoms in total. The van der Waals surface area contributed by atoms with Crippen LogP contribution < -0.4 is 30.5 Å². The summed E-state index contributed by atoms with van der Waals surface area (Å²) in [5.41, 5.74) is 16.8. The summed E-state index contributed by atoms with van der Waals surface area (Å²) < 4.78 is 6.31. The van der Waals surface area contributed by atoms with E-state index >= 15 is 0 Å². The molecule has 1 aliphatic carbocycles. The van der Waals surface area contributed by atoms with Crippen molar-refractivity contribution in [2.24, 2.45) is 5.92 Å². The molecule has 68 heavy (non-hydrogen) atoms. The molecule has 324 valence electrons. The van der Waals surface area contributed by atoms with Gasteiger partial charge in [0.2, 0.25) is 0 Å². The Kier molecular flexibility index (Phi) is 9.45. The van der Waals surface area contributed by atoms with E-state index < -0.39 is 8.07 Å². The summed E-state index contributed by atoms with van der Waals surface area (Å²) >= 11 is 0. The molecule has 0 amide bonds. The Morgan fingerprint density at radius 3 is 1.59 bits per heavy atom. The van der Waals surface area contributed by atoms with Crippen LogP contribution in [0.3, 0.4) is 0 Å². The van der Waals surface area contributed by atoms with E-state index in [0.29, 0.717) is 12.0 Å². The highest BCUT2D eigenvalue weighted by atomic mass is 28.3. The van der Waals surface area contributed by atoms with Gasteiger partial charge in [0.1, 0.15) is 11.2 Å². The molecule has 0 spiro atoms. The number of anilines is 4. The van der Waals surface area contributed by atoms with Gasteiger partial charge in [-0.25, -0.2) is 0 Å². The molecule has 0 fully saturated rings. The van der Waals surface area contributed by atoms with Crippen LogP contribution in [-0.2, 0) is 0 Å². The average Bonchev–Trinajstić information content (AvgIpc) is 4.04. The Balaban J connectivity index is 0.919. The first-order valence-electron chi connectivity index (χ1n) is 23.7. The molecular formula is C64H48N2OSi. The Morgan fingerprint density at radius 1 is 0.456 bits per heavy atom. The fourth-order valence-electron chi connectivity index (χ4n) is 11.6. The first kappa shape index (κ1) is 40.1. The van der Waals surface area contributed by atoms with Gasteiger partial charge in [0.15, 0.2) is 8.07 Å². The van der Waals surface area contributed by atoms with Crippen LogP contribution >= 0.6 is 0 Å². The van der Waals surface area contributed by atoms with Crippen LogP contribution in [0.4, 0.5) is 22.7 Å². The van der Waals surface area contributed by atoms with Crippen molar-refractivity contribution in [1.82, 2.24) is 0 Å². The Hall–Kier alpha value is -8.18. The van der Waals surface area contributed by atoms with E-state index in [9.17, 15) is 0 Å². The molecule has 0 saturated carbocycles. The minimum Gasteiger partial charge on any atom is -0.456 e. The van der Waals surface area contributed by atoms with E-state index in [4.69, 9.17) is 4.42 Å². The maximum atomic E-state index is 6.31. The SMILES string of the molecule is CC1=C(C)N2c3ccccc3C3=CC(c4ccc(N(c5ccc(-c6ccc7c(c6)oc6ccccc67)cc5)c5ccc([Si](c6ccccc6)(c6ccccc6)c6ccccc6)cc5)cc4)=CC1C32. The third-order valence-electron chi connectivity index (χ3n) is 15.0. The minimum absolute atomic E-state index is 0.338. The van der Waals surface area contributed by atoms with E-state index in [-0.39, 0.29) is 0 Å². The lowest BCUT2D eigenvalue weighted by Crippen LogP contribution is -2.74. The number of benzene rings is 9. The first-order valence-corrected chi connectivity index (χ1v) is 25.7. The van der Waals surface area contributed by atoms with Crippen molar-refractivity contribution in [1.29, 1.82) is 0 Å². The lowest BCUT2D eigenvalue weighted by molar-refractivity contribution is 0.669. The summed E-state index contributed by atoms with van der Waals surface area (Å²) in [6.07, 6.45) is 4.95. The van der Waals surface area contributed by atoms with Gasteiger partial charge >= 0.3 is 0 Å². The van der Waals surface area contributed by atoms with E-state index in [1.165, 1.54) is 60.0 Å². The van der Waals surface area contributed by atoms with Gasteiger partial charge in [-0.05, 0) is 135 Å². The molecule has 1 aromatic heterocycles. The van der Waals surface area contributed by atoms with Crippen molar-refractivity contribution in [3.05, 3.63) is 265 Å². The normalized spacial score (nSPS) is 16.2. The highest BCUT2D eigenvalue weighted by molar-refractivity contribution is 7.19. The zero-order valence-electron chi connectivity index (χ0n) is 38.1. The topological polar surface area (TPSA) is 19.6 Å². The molecule has 3 heterocycles. The first-order chi connectivity index (χ1) is 33.5. The van der Waals surface area contributed by atoms with Gasteiger partial charge in [0.25, 0.3) is 0 Å². The number of rotatable bonds is 9. The monoisotopic (exact) mass is 888 g/mol. The molecule has 10 aromatic rings. The maximum absolute atomic E-state index is 6.31. The van der Waals surface area contributed by atoms with E-state index in [1.807, 2.05) is 12.1 Å². The third-order valence-corrected chi connectivity index (χ3v) is 19.8. The van der Waals surface area contributed by atoms with Crippen molar-refractivity contribution in [2.45, 2.75) is 19.9 Å². The number of allylic oxidation sites excluding steroid dienone is 3. The standard InChI is InChI=1S/C64H48N2OSi/c1-43-44(2)65-61-24-14-12-22-56(61)60-41-48(40-59(43)64(60)65)46-28-33-50(34-29-46)66(49-31-26-45(27-32-49)47-30-39-58-57-23-13-15-25-62(57)67-63(58)42-47)51-35-37-55(38-36-51)68(52-16-6-3-7-17-52,53-18-8-4-9-19-53)54-20-10-5-11-21-54/h3-42,59,64H,1-2H3. The van der Waals surface area contributed by atoms with Gasteiger partial charge in [-0.1, -0.05) is 176 Å². The molecule has 0 bridgehead atoms. The minimum atomic E-state index is -2.71. The van der Waals surface area contributed by atoms with Crippen molar-refractivity contribution in [3.63, 3.8) is 0 Å². The van der Waals surface area contributed by atoms with Crippen molar-refractivity contribution in [3.8, 4) is 11.1 Å². The fraction of sp³-hybridized carbons (Fsp3) is 0.0625. The molecule has 0 saturated heterocycles. The Bertz CT molecular complexity index is 3530. The molecule has 3 aliphatic rings. The number of hydrogen-bond acceptors (Lipinski definition) is 3. The predicted octanol–water partition coefficient (Wildman–Crippen LogP) is 13.7. The van der Waals surface area contributed by atoms with Crippen LogP contribution in [0.25, 0.3) is 44.2 Å². The Labute approximate surface area is 398 Å². The molecule has 9 aromatic carbocycles. The highest BCUT2D eigenvalue weighted by Gasteiger charge is 2.46. The molecule has 13 rings (SSSR count). The number of fused-ring (bicyclic) bond motifs is 6. The number of hydrogen-bond donors (Lipinski definition) is 0. The molecule has 2 aliphatic heterocycles. The summed E-state index contributed by atoms with van der Waals surface area (Å²) in [5.74, 6) is 0.344. The second-order valence-electron chi connectivity index (χ2n) is 18.5. The van der Waals surface area contributed by atoms with Crippen molar-refractivity contribution in [2.75, 3.05) is 9.80 Å². The highest BCUT2D eigenvalue weighted by Crippen LogP contribution is 2.54. The predicted molar refractivity (Wildman–Crippen MR) is 288 cm³/mol. The largest absolute Gasteiger partial charge is 0.456 e. The summed E-state index contributed by atoms with van der Waals surface area (Å²) in [5, 5.41) is 7.70. The molecular weight excluding hydrogens is 841 g/mol. The lowest BCUT2D eigenvalue weighted by Gasteiger charge is -2.35. The summed E-state index contributed by atoms with van der Waals surface area (Å²) in [7, 11) is -2.71. The quantitative estimate of drug-likeness (QED) is 0.106. The van der Waals surface area contributed by atoms with Crippen LogP contribution in [0.15, 0.2) is 258 Å². The second-order valence-corrected chi connectivity index (χ2v) is 22.3. The van der Waals surface area contributed by atoms with Crippen LogP contribution in [0.2, 0.25) is 0 Å². The zero-order valence-corrected chi connectivity index (χ0v) is 39.1. The molecule has 4 heteroatoms. The van der Waals surface area contributed by atoms with E-state index in [0.717, 1.165) is 50.1 Å². The average molecular weight is 889 g/mol. The molecule has 2 unspecified atom stereocenters. The smallest absolute Gasteiger partial charge is 0.179 e. The molecule has 0 N–H and O–H groups in total. The van der Waals surface area contributed by atoms with Gasteiger partial charge in [-0.3, -0.25) is 0 Å². The van der Waals surface area contributed by atoms with Crippen molar-refractivity contribution >= 4 is 84.7 Å². The maximum Gasteiger partial charge on any atom is 0.179 e.